The van der Waals surface area contributed by atoms with E-state index >= 15 is 0 Å². The molecule has 1 atom stereocenters. The number of hydrogen-bond donors (Lipinski definition) is 0. The Labute approximate surface area is 216 Å². The molecular weight excluding hydrogens is 469 g/mol. The number of nitrogens with zero attached hydrogens (tertiary/aromatic N) is 3. The Morgan fingerprint density at radius 3 is 2.41 bits per heavy atom. The zero-order valence-electron chi connectivity index (χ0n) is 20.8. The molecule has 6 nitrogen and oxygen atoms in total. The van der Waals surface area contributed by atoms with Gasteiger partial charge >= 0.3 is 0 Å². The molecule has 3 aromatic carbocycles. The smallest absolute Gasteiger partial charge is 0.254 e. The van der Waals surface area contributed by atoms with Crippen LogP contribution < -0.4 is 4.74 Å². The average molecular weight is 500 g/mol. The molecule has 1 aromatic heterocycles. The van der Waals surface area contributed by atoms with Gasteiger partial charge in [-0.3, -0.25) is 4.79 Å². The molecule has 0 saturated carbocycles. The molecule has 0 bridgehead atoms. The van der Waals surface area contributed by atoms with Gasteiger partial charge in [0.1, 0.15) is 11.6 Å². The van der Waals surface area contributed by atoms with Crippen LogP contribution in [0, 0.1) is 5.82 Å². The number of aryl methyl sites for hydroxylation is 1. The Bertz CT molecular complexity index is 1320. The molecule has 1 saturated heterocycles. The highest BCUT2D eigenvalue weighted by Gasteiger charge is 2.28. The van der Waals surface area contributed by atoms with Gasteiger partial charge < -0.3 is 14.4 Å². The molecule has 0 spiro atoms. The molecule has 37 heavy (non-hydrogen) atoms. The highest BCUT2D eigenvalue weighted by Crippen LogP contribution is 2.33. The van der Waals surface area contributed by atoms with E-state index in [0.717, 1.165) is 29.8 Å². The second-order valence-electron chi connectivity index (χ2n) is 9.07. The van der Waals surface area contributed by atoms with E-state index in [1.807, 2.05) is 72.5 Å². The number of amides is 1. The number of hydrogen-bond acceptors (Lipinski definition) is 4. The van der Waals surface area contributed by atoms with Gasteiger partial charge in [0, 0.05) is 18.7 Å². The highest BCUT2D eigenvalue weighted by molar-refractivity contribution is 5.94. The standard InChI is InChI=1S/C30H30FN3O3/c1-2-28-27(21-33(20-26-14-9-19-36-26)29(35)22-10-5-3-6-11-22)30(37-25-17-15-23(31)16-18-25)34(32-28)24-12-7-4-8-13-24/h3-8,10-13,15-18,26H,2,9,14,19-21H2,1H3/t26-/m1/s1. The molecule has 0 radical (unpaired) electrons. The molecule has 2 heterocycles. The van der Waals surface area contributed by atoms with Crippen molar-refractivity contribution in [3.05, 3.63) is 108 Å². The highest BCUT2D eigenvalue weighted by atomic mass is 19.1. The fourth-order valence-corrected chi connectivity index (χ4v) is 4.59. The van der Waals surface area contributed by atoms with Gasteiger partial charge in [-0.2, -0.15) is 5.10 Å². The molecule has 1 aliphatic heterocycles. The summed E-state index contributed by atoms with van der Waals surface area (Å²) in [5.74, 6) is 0.586. The van der Waals surface area contributed by atoms with E-state index in [9.17, 15) is 9.18 Å². The largest absolute Gasteiger partial charge is 0.439 e. The lowest BCUT2D eigenvalue weighted by Crippen LogP contribution is -2.37. The minimum atomic E-state index is -0.338. The molecule has 190 valence electrons. The molecular formula is C30H30FN3O3. The van der Waals surface area contributed by atoms with Crippen LogP contribution in [0.5, 0.6) is 11.6 Å². The first-order chi connectivity index (χ1) is 18.1. The Kier molecular flexibility index (Phi) is 7.61. The van der Waals surface area contributed by atoms with Gasteiger partial charge in [-0.25, -0.2) is 9.07 Å². The van der Waals surface area contributed by atoms with Crippen LogP contribution in [0.25, 0.3) is 5.69 Å². The third-order valence-electron chi connectivity index (χ3n) is 6.49. The zero-order valence-corrected chi connectivity index (χ0v) is 20.8. The predicted octanol–water partition coefficient (Wildman–Crippen LogP) is 6.19. The molecule has 0 unspecified atom stereocenters. The average Bonchev–Trinajstić information content (AvgIpc) is 3.58. The van der Waals surface area contributed by atoms with Gasteiger partial charge in [0.05, 0.1) is 29.6 Å². The van der Waals surface area contributed by atoms with Gasteiger partial charge in [0.25, 0.3) is 5.91 Å². The summed E-state index contributed by atoms with van der Waals surface area (Å²) in [6.07, 6.45) is 2.55. The predicted molar refractivity (Wildman–Crippen MR) is 140 cm³/mol. The van der Waals surface area contributed by atoms with Crippen molar-refractivity contribution in [2.24, 2.45) is 0 Å². The number of aromatic nitrogens is 2. The van der Waals surface area contributed by atoms with Gasteiger partial charge in [-0.1, -0.05) is 43.3 Å². The van der Waals surface area contributed by atoms with Crippen molar-refractivity contribution < 1.29 is 18.7 Å². The topological polar surface area (TPSA) is 56.6 Å². The van der Waals surface area contributed by atoms with Crippen LogP contribution in [0.15, 0.2) is 84.9 Å². The molecule has 0 N–H and O–H groups in total. The Morgan fingerprint density at radius 2 is 1.76 bits per heavy atom. The Balaban J connectivity index is 1.57. The quantitative estimate of drug-likeness (QED) is 0.276. The molecule has 1 aliphatic rings. The van der Waals surface area contributed by atoms with Crippen LogP contribution >= 0.6 is 0 Å². The second-order valence-corrected chi connectivity index (χ2v) is 9.07. The van der Waals surface area contributed by atoms with E-state index in [1.165, 1.54) is 12.1 Å². The van der Waals surface area contributed by atoms with E-state index in [1.54, 1.807) is 16.8 Å². The van der Waals surface area contributed by atoms with E-state index in [-0.39, 0.29) is 17.8 Å². The number of ether oxygens (including phenoxy) is 2. The number of carbonyl (C=O) groups is 1. The summed E-state index contributed by atoms with van der Waals surface area (Å²) in [5, 5.41) is 4.88. The van der Waals surface area contributed by atoms with Crippen LogP contribution in [0.2, 0.25) is 0 Å². The van der Waals surface area contributed by atoms with Crippen LogP contribution in [0.3, 0.4) is 0 Å². The number of benzene rings is 3. The summed E-state index contributed by atoms with van der Waals surface area (Å²) in [5.41, 5.74) is 3.10. The summed E-state index contributed by atoms with van der Waals surface area (Å²) in [6, 6.07) is 24.9. The number of carbonyl (C=O) groups excluding carboxylic acids is 1. The molecule has 1 amide bonds. The molecule has 7 heteroatoms. The van der Waals surface area contributed by atoms with Gasteiger partial charge in [0.2, 0.25) is 5.88 Å². The van der Waals surface area contributed by atoms with Crippen molar-refractivity contribution in [2.75, 3.05) is 13.2 Å². The maximum absolute atomic E-state index is 13.7. The third kappa shape index (κ3) is 5.73. The summed E-state index contributed by atoms with van der Waals surface area (Å²) >= 11 is 0. The van der Waals surface area contributed by atoms with E-state index in [0.29, 0.717) is 43.3 Å². The van der Waals surface area contributed by atoms with E-state index < -0.39 is 0 Å². The second kappa shape index (κ2) is 11.4. The summed E-state index contributed by atoms with van der Waals surface area (Å²) in [4.78, 5) is 15.5. The first-order valence-corrected chi connectivity index (χ1v) is 12.7. The molecule has 5 rings (SSSR count). The van der Waals surface area contributed by atoms with Gasteiger partial charge in [-0.15, -0.1) is 0 Å². The van der Waals surface area contributed by atoms with Crippen molar-refractivity contribution in [1.82, 2.24) is 14.7 Å². The lowest BCUT2D eigenvalue weighted by atomic mass is 10.1. The van der Waals surface area contributed by atoms with Crippen LogP contribution in [0.1, 0.15) is 41.4 Å². The van der Waals surface area contributed by atoms with Gasteiger partial charge in [-0.05, 0) is 67.8 Å². The van der Waals surface area contributed by atoms with Gasteiger partial charge in [0.15, 0.2) is 0 Å². The lowest BCUT2D eigenvalue weighted by molar-refractivity contribution is 0.0505. The zero-order chi connectivity index (χ0) is 25.6. The minimum Gasteiger partial charge on any atom is -0.439 e. The van der Waals surface area contributed by atoms with Crippen molar-refractivity contribution in [1.29, 1.82) is 0 Å². The fraction of sp³-hybridized carbons (Fsp3) is 0.267. The van der Waals surface area contributed by atoms with E-state index in [2.05, 4.69) is 0 Å². The summed E-state index contributed by atoms with van der Waals surface area (Å²) in [6.45, 7) is 3.53. The number of para-hydroxylation sites is 1. The third-order valence-corrected chi connectivity index (χ3v) is 6.49. The molecule has 1 fully saturated rings. The molecule has 0 aliphatic carbocycles. The van der Waals surface area contributed by atoms with Crippen LogP contribution in [0.4, 0.5) is 4.39 Å². The molecule has 4 aromatic rings. The fourth-order valence-electron chi connectivity index (χ4n) is 4.59. The summed E-state index contributed by atoms with van der Waals surface area (Å²) < 4.78 is 27.6. The first-order valence-electron chi connectivity index (χ1n) is 12.7. The van der Waals surface area contributed by atoms with Crippen molar-refractivity contribution >= 4 is 5.91 Å². The van der Waals surface area contributed by atoms with Crippen molar-refractivity contribution in [3.8, 4) is 17.3 Å². The first kappa shape index (κ1) is 24.7. The maximum atomic E-state index is 13.7. The van der Waals surface area contributed by atoms with Crippen molar-refractivity contribution in [2.45, 2.75) is 38.8 Å². The Morgan fingerprint density at radius 1 is 1.05 bits per heavy atom. The number of rotatable bonds is 9. The normalized spacial score (nSPS) is 15.0. The number of halogens is 1. The minimum absolute atomic E-state index is 0.0108. The van der Waals surface area contributed by atoms with Crippen LogP contribution in [-0.2, 0) is 17.7 Å². The van der Waals surface area contributed by atoms with E-state index in [4.69, 9.17) is 14.6 Å². The lowest BCUT2D eigenvalue weighted by Gasteiger charge is -2.26. The maximum Gasteiger partial charge on any atom is 0.254 e. The van der Waals surface area contributed by atoms with Crippen molar-refractivity contribution in [3.63, 3.8) is 0 Å². The Hall–Kier alpha value is -3.97. The summed E-state index contributed by atoms with van der Waals surface area (Å²) in [7, 11) is 0. The van der Waals surface area contributed by atoms with Crippen LogP contribution in [-0.4, -0.2) is 39.8 Å². The monoisotopic (exact) mass is 499 g/mol. The SMILES string of the molecule is CCc1nn(-c2ccccc2)c(Oc2ccc(F)cc2)c1CN(C[C@H]1CCCO1)C(=O)c1ccccc1.